The summed E-state index contributed by atoms with van der Waals surface area (Å²) in [7, 11) is 2.18. The smallest absolute Gasteiger partial charge is 0.222 e. The number of nitrogens with one attached hydrogen (secondary N) is 2. The zero-order valence-electron chi connectivity index (χ0n) is 17.5. The molecule has 0 spiro atoms. The summed E-state index contributed by atoms with van der Waals surface area (Å²) in [4.78, 5) is 21.1. The summed E-state index contributed by atoms with van der Waals surface area (Å²) in [5.41, 5.74) is 0. The monoisotopic (exact) mass is 367 g/mol. The topological polar surface area (TPSA) is 60.0 Å². The molecule has 1 fully saturated rings. The molecule has 1 amide bonds. The van der Waals surface area contributed by atoms with Crippen LogP contribution >= 0.6 is 0 Å². The van der Waals surface area contributed by atoms with Crippen molar-refractivity contribution in [2.24, 2.45) is 4.99 Å². The van der Waals surface area contributed by atoms with Crippen LogP contribution in [0, 0.1) is 0 Å². The number of unbranched alkanes of at least 4 members (excludes halogenated alkanes) is 1. The van der Waals surface area contributed by atoms with Crippen LogP contribution in [0.4, 0.5) is 0 Å². The maximum Gasteiger partial charge on any atom is 0.222 e. The highest BCUT2D eigenvalue weighted by Crippen LogP contribution is 2.11. The van der Waals surface area contributed by atoms with Crippen molar-refractivity contribution in [3.8, 4) is 0 Å². The third-order valence-corrected chi connectivity index (χ3v) is 4.98. The highest BCUT2D eigenvalue weighted by atomic mass is 16.2. The number of amides is 1. The number of carbonyl (C=O) groups excluding carboxylic acids is 1. The van der Waals surface area contributed by atoms with Gasteiger partial charge >= 0.3 is 0 Å². The molecular weight excluding hydrogens is 326 g/mol. The summed E-state index contributed by atoms with van der Waals surface area (Å²) in [6.45, 7) is 12.0. The van der Waals surface area contributed by atoms with E-state index < -0.39 is 0 Å². The lowest BCUT2D eigenvalue weighted by Crippen LogP contribution is -2.38. The summed E-state index contributed by atoms with van der Waals surface area (Å²) >= 11 is 0. The number of hydrogen-bond donors (Lipinski definition) is 2. The molecule has 0 aromatic heterocycles. The van der Waals surface area contributed by atoms with Gasteiger partial charge in [0.25, 0.3) is 0 Å². The van der Waals surface area contributed by atoms with Crippen LogP contribution in [-0.2, 0) is 4.79 Å². The van der Waals surface area contributed by atoms with E-state index in [1.807, 2.05) is 4.90 Å². The fourth-order valence-electron chi connectivity index (χ4n) is 3.02. The van der Waals surface area contributed by atoms with Crippen LogP contribution in [0.1, 0.15) is 65.7 Å². The van der Waals surface area contributed by atoms with Crippen LogP contribution < -0.4 is 10.6 Å². The van der Waals surface area contributed by atoms with Crippen LogP contribution in [0.15, 0.2) is 4.99 Å². The van der Waals surface area contributed by atoms with Crippen molar-refractivity contribution in [2.45, 2.75) is 71.8 Å². The largest absolute Gasteiger partial charge is 0.357 e. The Bertz CT molecular complexity index is 411. The van der Waals surface area contributed by atoms with Gasteiger partial charge in [-0.05, 0) is 66.5 Å². The number of likely N-dealkylation sites (tertiary alicyclic amines) is 1. The highest BCUT2D eigenvalue weighted by Gasteiger charge is 2.15. The lowest BCUT2D eigenvalue weighted by molar-refractivity contribution is -0.130. The third-order valence-electron chi connectivity index (χ3n) is 4.98. The summed E-state index contributed by atoms with van der Waals surface area (Å²) in [5.74, 6) is 1.22. The lowest BCUT2D eigenvalue weighted by atomic mass is 10.2. The molecule has 1 saturated heterocycles. The molecule has 152 valence electrons. The van der Waals surface area contributed by atoms with Crippen LogP contribution in [0.5, 0.6) is 0 Å². The van der Waals surface area contributed by atoms with Gasteiger partial charge in [-0.3, -0.25) is 9.79 Å². The van der Waals surface area contributed by atoms with Gasteiger partial charge < -0.3 is 20.4 Å². The quantitative estimate of drug-likeness (QED) is 0.335. The fourth-order valence-corrected chi connectivity index (χ4v) is 3.02. The zero-order chi connectivity index (χ0) is 19.2. The Kier molecular flexibility index (Phi) is 12.1. The van der Waals surface area contributed by atoms with Gasteiger partial charge in [0.2, 0.25) is 5.91 Å². The Balaban J connectivity index is 2.22. The second-order valence-electron chi connectivity index (χ2n) is 7.51. The van der Waals surface area contributed by atoms with Crippen molar-refractivity contribution in [3.05, 3.63) is 0 Å². The van der Waals surface area contributed by atoms with E-state index in [-0.39, 0.29) is 0 Å². The normalized spacial score (nSPS) is 16.3. The molecular formula is C20H41N5O. The maximum absolute atomic E-state index is 12.0. The molecule has 0 saturated carbocycles. The molecule has 0 bridgehead atoms. The van der Waals surface area contributed by atoms with Crippen LogP contribution in [0.2, 0.25) is 0 Å². The van der Waals surface area contributed by atoms with E-state index in [4.69, 9.17) is 0 Å². The standard InChI is InChI=1S/C20H41N5O/c1-5-21-20(22-13-8-10-15-24(4)18(2)3)23-14-11-17-25-16-9-6-7-12-19(25)26/h18H,5-17H2,1-4H3,(H2,21,22,23). The second kappa shape index (κ2) is 13.8. The number of guanidine groups is 1. The van der Waals surface area contributed by atoms with Crippen LogP contribution in [0.3, 0.4) is 0 Å². The summed E-state index contributed by atoms with van der Waals surface area (Å²) in [6.07, 6.45) is 7.37. The van der Waals surface area contributed by atoms with Crippen molar-refractivity contribution < 1.29 is 4.79 Å². The van der Waals surface area contributed by atoms with Gasteiger partial charge in [-0.25, -0.2) is 0 Å². The second-order valence-corrected chi connectivity index (χ2v) is 7.51. The molecule has 0 atom stereocenters. The predicted molar refractivity (Wildman–Crippen MR) is 111 cm³/mol. The Morgan fingerprint density at radius 3 is 2.73 bits per heavy atom. The molecule has 0 aliphatic carbocycles. The van der Waals surface area contributed by atoms with Gasteiger partial charge in [-0.1, -0.05) is 6.42 Å². The van der Waals surface area contributed by atoms with Crippen molar-refractivity contribution in [1.82, 2.24) is 20.4 Å². The van der Waals surface area contributed by atoms with E-state index in [2.05, 4.69) is 48.3 Å². The Hall–Kier alpha value is -1.30. The molecule has 1 aliphatic rings. The molecule has 6 heteroatoms. The molecule has 0 unspecified atom stereocenters. The SMILES string of the molecule is CCNC(=NCCCN1CCCCCC1=O)NCCCCN(C)C(C)C. The summed E-state index contributed by atoms with van der Waals surface area (Å²) in [6, 6.07) is 0.609. The Morgan fingerprint density at radius 2 is 2.00 bits per heavy atom. The molecule has 0 radical (unpaired) electrons. The van der Waals surface area contributed by atoms with Crippen molar-refractivity contribution in [3.63, 3.8) is 0 Å². The molecule has 1 rings (SSSR count). The third kappa shape index (κ3) is 10.00. The Morgan fingerprint density at radius 1 is 1.19 bits per heavy atom. The van der Waals surface area contributed by atoms with Crippen molar-refractivity contribution >= 4 is 11.9 Å². The minimum atomic E-state index is 0.322. The van der Waals surface area contributed by atoms with E-state index in [0.717, 1.165) is 77.3 Å². The van der Waals surface area contributed by atoms with Gasteiger partial charge in [-0.15, -0.1) is 0 Å². The molecule has 2 N–H and O–H groups in total. The minimum absolute atomic E-state index is 0.322. The fraction of sp³-hybridized carbons (Fsp3) is 0.900. The van der Waals surface area contributed by atoms with Gasteiger partial charge in [-0.2, -0.15) is 0 Å². The van der Waals surface area contributed by atoms with Crippen LogP contribution in [-0.4, -0.2) is 74.0 Å². The number of rotatable bonds is 11. The van der Waals surface area contributed by atoms with E-state index in [9.17, 15) is 4.79 Å². The van der Waals surface area contributed by atoms with Crippen molar-refractivity contribution in [1.29, 1.82) is 0 Å². The first-order valence-electron chi connectivity index (χ1n) is 10.5. The van der Waals surface area contributed by atoms with Gasteiger partial charge in [0.15, 0.2) is 5.96 Å². The number of hydrogen-bond acceptors (Lipinski definition) is 3. The summed E-state index contributed by atoms with van der Waals surface area (Å²) < 4.78 is 0. The molecule has 6 nitrogen and oxygen atoms in total. The predicted octanol–water partition coefficient (Wildman–Crippen LogP) is 2.45. The first-order valence-corrected chi connectivity index (χ1v) is 10.5. The van der Waals surface area contributed by atoms with E-state index in [0.29, 0.717) is 11.9 Å². The van der Waals surface area contributed by atoms with Gasteiger partial charge in [0.05, 0.1) is 0 Å². The molecule has 1 aliphatic heterocycles. The number of aliphatic imine (C=N–C) groups is 1. The van der Waals surface area contributed by atoms with E-state index in [1.165, 1.54) is 12.8 Å². The van der Waals surface area contributed by atoms with Gasteiger partial charge in [0.1, 0.15) is 0 Å². The zero-order valence-corrected chi connectivity index (χ0v) is 17.5. The lowest BCUT2D eigenvalue weighted by Gasteiger charge is -2.21. The first kappa shape index (κ1) is 22.7. The van der Waals surface area contributed by atoms with Crippen LogP contribution in [0.25, 0.3) is 0 Å². The average Bonchev–Trinajstić information content (AvgIpc) is 2.82. The van der Waals surface area contributed by atoms with E-state index >= 15 is 0 Å². The Labute approximate surface area is 160 Å². The number of nitrogens with zero attached hydrogens (tertiary/aromatic N) is 3. The van der Waals surface area contributed by atoms with Gasteiger partial charge in [0, 0.05) is 45.2 Å². The van der Waals surface area contributed by atoms with E-state index in [1.54, 1.807) is 0 Å². The van der Waals surface area contributed by atoms with Crippen molar-refractivity contribution in [2.75, 3.05) is 46.3 Å². The molecule has 26 heavy (non-hydrogen) atoms. The molecule has 1 heterocycles. The molecule has 0 aromatic carbocycles. The molecule has 0 aromatic rings. The average molecular weight is 368 g/mol. The maximum atomic E-state index is 12.0. The highest BCUT2D eigenvalue weighted by molar-refractivity contribution is 5.79. The first-order chi connectivity index (χ1) is 12.5. The number of carbonyl (C=O) groups is 1. The summed E-state index contributed by atoms with van der Waals surface area (Å²) in [5, 5.41) is 6.73. The minimum Gasteiger partial charge on any atom is -0.357 e.